The van der Waals surface area contributed by atoms with E-state index in [1.165, 1.54) is 54.7 Å². The predicted octanol–water partition coefficient (Wildman–Crippen LogP) is 9.43. The number of methoxy groups -OCH3 is 1. The molecule has 0 atom stereocenters. The lowest BCUT2D eigenvalue weighted by molar-refractivity contribution is 0.414. The Hall–Kier alpha value is -2.74. The third kappa shape index (κ3) is 10.2. The number of rotatable bonds is 5. The molecule has 0 aliphatic carbocycles. The lowest BCUT2D eigenvalue weighted by Crippen LogP contribution is -2.29. The summed E-state index contributed by atoms with van der Waals surface area (Å²) in [4.78, 5) is 2.51. The summed E-state index contributed by atoms with van der Waals surface area (Å²) in [5.74, 6) is 2.81. The monoisotopic (exact) mass is 473 g/mol. The molecule has 2 nitrogen and oxygen atoms in total. The fourth-order valence-electron chi connectivity index (χ4n) is 4.06. The molecule has 0 amide bonds. The highest BCUT2D eigenvalue weighted by atomic mass is 16.5. The zero-order chi connectivity index (χ0) is 25.6. The first-order valence-corrected chi connectivity index (χ1v) is 13.4. The maximum Gasteiger partial charge on any atom is 0.119 e. The Balaban J connectivity index is 0.000000193. The van der Waals surface area contributed by atoms with E-state index < -0.39 is 0 Å². The van der Waals surface area contributed by atoms with E-state index in [9.17, 15) is 0 Å². The maximum absolute atomic E-state index is 5.11. The minimum Gasteiger partial charge on any atom is -0.497 e. The van der Waals surface area contributed by atoms with Gasteiger partial charge in [-0.25, -0.2) is 0 Å². The van der Waals surface area contributed by atoms with Gasteiger partial charge in [0.15, 0.2) is 0 Å². The summed E-state index contributed by atoms with van der Waals surface area (Å²) in [7, 11) is 1.69. The summed E-state index contributed by atoms with van der Waals surface area (Å²) in [5.41, 5.74) is 5.58. The van der Waals surface area contributed by atoms with Crippen molar-refractivity contribution in [1.82, 2.24) is 0 Å². The van der Waals surface area contributed by atoms with Gasteiger partial charge in [0.05, 0.1) is 7.11 Å². The van der Waals surface area contributed by atoms with Crippen molar-refractivity contribution in [3.05, 3.63) is 95.6 Å². The van der Waals surface area contributed by atoms with Crippen molar-refractivity contribution in [1.29, 1.82) is 0 Å². The number of anilines is 1. The molecule has 0 aromatic heterocycles. The van der Waals surface area contributed by atoms with E-state index in [1.807, 2.05) is 18.2 Å². The second-order valence-corrected chi connectivity index (χ2v) is 10.3. The summed E-state index contributed by atoms with van der Waals surface area (Å²) in [6.45, 7) is 15.7. The predicted molar refractivity (Wildman–Crippen MR) is 154 cm³/mol. The van der Waals surface area contributed by atoms with Crippen molar-refractivity contribution in [2.24, 2.45) is 0 Å². The van der Waals surface area contributed by atoms with Gasteiger partial charge >= 0.3 is 0 Å². The molecule has 0 unspecified atom stereocenters. The van der Waals surface area contributed by atoms with Gasteiger partial charge in [0.1, 0.15) is 5.75 Å². The van der Waals surface area contributed by atoms with Crippen LogP contribution in [0.4, 0.5) is 5.69 Å². The first-order valence-electron chi connectivity index (χ1n) is 13.4. The third-order valence-electron chi connectivity index (χ3n) is 6.51. The number of nitrogens with zero attached hydrogens (tertiary/aromatic N) is 1. The smallest absolute Gasteiger partial charge is 0.119 e. The molecule has 3 aromatic rings. The lowest BCUT2D eigenvalue weighted by Gasteiger charge is -2.29. The number of hydrogen-bond donors (Lipinski definition) is 0. The van der Waals surface area contributed by atoms with Crippen molar-refractivity contribution in [3.63, 3.8) is 0 Å². The number of hydrogen-bond acceptors (Lipinski definition) is 2. The van der Waals surface area contributed by atoms with Crippen molar-refractivity contribution >= 4 is 5.69 Å². The second kappa shape index (κ2) is 15.3. The van der Waals surface area contributed by atoms with Crippen molar-refractivity contribution in [2.45, 2.75) is 78.6 Å². The van der Waals surface area contributed by atoms with E-state index in [-0.39, 0.29) is 0 Å². The number of piperidine rings is 1. The molecule has 1 aliphatic heterocycles. The molecular formula is C33H47NO. The van der Waals surface area contributed by atoms with Crippen LogP contribution in [0.2, 0.25) is 0 Å². The van der Waals surface area contributed by atoms with Gasteiger partial charge in [-0.05, 0) is 78.0 Å². The van der Waals surface area contributed by atoms with Gasteiger partial charge in [0.25, 0.3) is 0 Å². The molecule has 0 N–H and O–H groups in total. The fourth-order valence-corrected chi connectivity index (χ4v) is 4.06. The van der Waals surface area contributed by atoms with Gasteiger partial charge < -0.3 is 9.64 Å². The van der Waals surface area contributed by atoms with Crippen LogP contribution in [0.15, 0.2) is 78.9 Å². The zero-order valence-electron chi connectivity index (χ0n) is 23.1. The average Bonchev–Trinajstić information content (AvgIpc) is 2.90. The normalized spacial score (nSPS) is 13.1. The van der Waals surface area contributed by atoms with Crippen LogP contribution in [-0.4, -0.2) is 20.2 Å². The summed E-state index contributed by atoms with van der Waals surface area (Å²) < 4.78 is 5.11. The molecule has 0 saturated carbocycles. The van der Waals surface area contributed by atoms with Crippen LogP contribution in [0.5, 0.6) is 5.75 Å². The number of benzene rings is 3. The van der Waals surface area contributed by atoms with Gasteiger partial charge in [0.2, 0.25) is 0 Å². The van der Waals surface area contributed by atoms with Crippen LogP contribution < -0.4 is 9.64 Å². The van der Waals surface area contributed by atoms with Crippen LogP contribution in [0.3, 0.4) is 0 Å². The molecule has 4 rings (SSSR count). The molecule has 3 aromatic carbocycles. The third-order valence-corrected chi connectivity index (χ3v) is 6.51. The van der Waals surface area contributed by atoms with Gasteiger partial charge in [-0.2, -0.15) is 0 Å². The van der Waals surface area contributed by atoms with Crippen molar-refractivity contribution in [2.75, 3.05) is 25.1 Å². The quantitative estimate of drug-likeness (QED) is 0.366. The van der Waals surface area contributed by atoms with Crippen molar-refractivity contribution < 1.29 is 4.74 Å². The van der Waals surface area contributed by atoms with E-state index in [2.05, 4.69) is 107 Å². The Kier molecular flexibility index (Phi) is 12.5. The topological polar surface area (TPSA) is 12.5 Å². The summed E-state index contributed by atoms with van der Waals surface area (Å²) in [6.07, 6.45) is 4.11. The molecule has 1 saturated heterocycles. The lowest BCUT2D eigenvalue weighted by atomic mass is 10.0. The Morgan fingerprint density at radius 3 is 1.57 bits per heavy atom. The summed E-state index contributed by atoms with van der Waals surface area (Å²) in [5, 5.41) is 0. The van der Waals surface area contributed by atoms with Crippen molar-refractivity contribution in [3.8, 4) is 5.75 Å². The Morgan fingerprint density at radius 2 is 1.09 bits per heavy atom. The minimum absolute atomic E-state index is 0.574. The van der Waals surface area contributed by atoms with Gasteiger partial charge in [-0.3, -0.25) is 0 Å². The molecular weight excluding hydrogens is 426 g/mol. The fraction of sp³-hybridized carbons (Fsp3) is 0.455. The Morgan fingerprint density at radius 1 is 0.571 bits per heavy atom. The Labute approximate surface area is 215 Å². The van der Waals surface area contributed by atoms with Crippen LogP contribution in [0.1, 0.15) is 95.2 Å². The standard InChI is InChI=1S/C14H21N.C10H14O.C9H12/c1-12(2)13-6-8-14(9-7-13)15-10-4-3-5-11-15;1-8(2)9-5-4-6-10(7-9)11-3;1-8(2)9-6-4-3-5-7-9/h6-9,12H,3-5,10-11H2,1-2H3;4-8H,1-3H3;3-8H,1-2H3. The zero-order valence-corrected chi connectivity index (χ0v) is 23.1. The van der Waals surface area contributed by atoms with Gasteiger partial charge in [-0.1, -0.05) is 96.1 Å². The summed E-state index contributed by atoms with van der Waals surface area (Å²) in [6, 6.07) is 27.8. The molecule has 2 heteroatoms. The SMILES string of the molecule is CC(C)c1ccc(N2CCCCC2)cc1.CC(C)c1ccccc1.COc1cccc(C(C)C)c1. The molecule has 0 spiro atoms. The molecule has 1 fully saturated rings. The molecule has 35 heavy (non-hydrogen) atoms. The van der Waals surface area contributed by atoms with E-state index in [0.717, 1.165) is 5.75 Å². The maximum atomic E-state index is 5.11. The van der Waals surface area contributed by atoms with Gasteiger partial charge in [0, 0.05) is 18.8 Å². The van der Waals surface area contributed by atoms with E-state index in [1.54, 1.807) is 7.11 Å². The van der Waals surface area contributed by atoms with E-state index in [0.29, 0.717) is 17.8 Å². The largest absolute Gasteiger partial charge is 0.497 e. The van der Waals surface area contributed by atoms with Crippen LogP contribution in [0.25, 0.3) is 0 Å². The second-order valence-electron chi connectivity index (χ2n) is 10.3. The highest BCUT2D eigenvalue weighted by Gasteiger charge is 2.10. The highest BCUT2D eigenvalue weighted by molar-refractivity contribution is 5.48. The van der Waals surface area contributed by atoms with Gasteiger partial charge in [-0.15, -0.1) is 0 Å². The first kappa shape index (κ1) is 28.5. The van der Waals surface area contributed by atoms with Crippen LogP contribution >= 0.6 is 0 Å². The highest BCUT2D eigenvalue weighted by Crippen LogP contribution is 2.23. The molecule has 1 heterocycles. The minimum atomic E-state index is 0.574. The number of ether oxygens (including phenoxy) is 1. The molecule has 1 aliphatic rings. The van der Waals surface area contributed by atoms with Crippen LogP contribution in [0, 0.1) is 0 Å². The average molecular weight is 474 g/mol. The van der Waals surface area contributed by atoms with Crippen LogP contribution in [-0.2, 0) is 0 Å². The first-order chi connectivity index (χ1) is 16.8. The summed E-state index contributed by atoms with van der Waals surface area (Å²) >= 11 is 0. The molecule has 0 radical (unpaired) electrons. The van der Waals surface area contributed by atoms with E-state index in [4.69, 9.17) is 4.74 Å². The molecule has 0 bridgehead atoms. The Bertz CT molecular complexity index is 938. The van der Waals surface area contributed by atoms with E-state index >= 15 is 0 Å². The molecule has 190 valence electrons.